The second-order valence-corrected chi connectivity index (χ2v) is 13.3. The standard InChI is InChI=1S/C29H36N2OS2/c1-2-28-14-8-15-30(16-17-32-21-23-10-4-3-5-11-23)27(28)31-25-13-7-6-12-24(25)20-26(31)29(22-28)33-18-9-19-34-29/h3-7,10-13,20,27H,2,8-9,14-19,21-22H2,1H3/t27-,28+/m0/s1. The number of para-hydroxylation sites is 1. The number of rotatable bonds is 6. The van der Waals surface area contributed by atoms with Gasteiger partial charge < -0.3 is 9.30 Å². The highest BCUT2D eigenvalue weighted by atomic mass is 32.2. The fraction of sp³-hybridized carbons (Fsp3) is 0.517. The molecule has 0 unspecified atom stereocenters. The maximum Gasteiger partial charge on any atom is 0.102 e. The molecule has 180 valence electrons. The lowest BCUT2D eigenvalue weighted by atomic mass is 9.68. The minimum atomic E-state index is 0.205. The maximum atomic E-state index is 6.18. The van der Waals surface area contributed by atoms with Gasteiger partial charge in [0.1, 0.15) is 4.08 Å². The fourth-order valence-electron chi connectivity index (χ4n) is 6.67. The third kappa shape index (κ3) is 3.93. The van der Waals surface area contributed by atoms with Crippen LogP contribution in [0.4, 0.5) is 0 Å². The van der Waals surface area contributed by atoms with Crippen LogP contribution < -0.4 is 0 Å². The summed E-state index contributed by atoms with van der Waals surface area (Å²) in [5.74, 6) is 2.58. The summed E-state index contributed by atoms with van der Waals surface area (Å²) in [4.78, 5) is 2.76. The molecule has 6 rings (SSSR count). The average molecular weight is 493 g/mol. The number of benzene rings is 2. The zero-order valence-electron chi connectivity index (χ0n) is 20.2. The summed E-state index contributed by atoms with van der Waals surface area (Å²) in [6.45, 7) is 6.10. The highest BCUT2D eigenvalue weighted by Crippen LogP contribution is 2.66. The Labute approximate surface area is 212 Å². The van der Waals surface area contributed by atoms with Crippen molar-refractivity contribution in [1.82, 2.24) is 9.47 Å². The molecule has 4 heterocycles. The predicted molar refractivity (Wildman–Crippen MR) is 146 cm³/mol. The normalized spacial score (nSPS) is 26.4. The molecule has 1 aromatic heterocycles. The Hall–Kier alpha value is -1.40. The van der Waals surface area contributed by atoms with Gasteiger partial charge in [0.2, 0.25) is 0 Å². The van der Waals surface area contributed by atoms with Crippen molar-refractivity contribution < 1.29 is 4.74 Å². The van der Waals surface area contributed by atoms with E-state index < -0.39 is 0 Å². The van der Waals surface area contributed by atoms with Gasteiger partial charge in [0, 0.05) is 29.7 Å². The molecule has 2 aromatic carbocycles. The molecular weight excluding hydrogens is 456 g/mol. The molecule has 1 spiro atoms. The van der Waals surface area contributed by atoms with Crippen LogP contribution >= 0.6 is 23.5 Å². The van der Waals surface area contributed by atoms with Gasteiger partial charge >= 0.3 is 0 Å². The monoisotopic (exact) mass is 492 g/mol. The van der Waals surface area contributed by atoms with Crippen LogP contribution in [0, 0.1) is 5.41 Å². The molecule has 0 saturated carbocycles. The summed E-state index contributed by atoms with van der Waals surface area (Å²) in [5, 5.41) is 1.40. The van der Waals surface area contributed by atoms with Crippen LogP contribution in [0.5, 0.6) is 0 Å². The number of ether oxygens (including phenoxy) is 1. The minimum Gasteiger partial charge on any atom is -0.375 e. The van der Waals surface area contributed by atoms with Gasteiger partial charge in [0.05, 0.1) is 19.4 Å². The number of nitrogens with zero attached hydrogens (tertiary/aromatic N) is 2. The molecule has 0 aliphatic carbocycles. The third-order valence-corrected chi connectivity index (χ3v) is 11.6. The lowest BCUT2D eigenvalue weighted by molar-refractivity contribution is -0.0661. The molecule has 2 atom stereocenters. The van der Waals surface area contributed by atoms with Crippen LogP contribution in [0.3, 0.4) is 0 Å². The number of hydrogen-bond donors (Lipinski definition) is 0. The summed E-state index contributed by atoms with van der Waals surface area (Å²) >= 11 is 4.47. The minimum absolute atomic E-state index is 0.205. The SMILES string of the molecule is CC[C@]12CCCN(CCOCc3ccccc3)[C@H]1n1c(cc3ccccc31)C1(C2)SCCCS1. The van der Waals surface area contributed by atoms with Crippen LogP contribution in [0.15, 0.2) is 60.7 Å². The van der Waals surface area contributed by atoms with Crippen LogP contribution in [-0.4, -0.2) is 40.7 Å². The van der Waals surface area contributed by atoms with Gasteiger partial charge in [0.25, 0.3) is 0 Å². The number of fused-ring (bicyclic) bond motifs is 6. The summed E-state index contributed by atoms with van der Waals surface area (Å²) < 4.78 is 9.16. The zero-order chi connectivity index (χ0) is 23.0. The molecule has 3 aliphatic rings. The Morgan fingerprint density at radius 1 is 1.00 bits per heavy atom. The molecule has 3 aromatic rings. The largest absolute Gasteiger partial charge is 0.375 e. The first kappa shape index (κ1) is 23.0. The van der Waals surface area contributed by atoms with E-state index in [-0.39, 0.29) is 4.08 Å². The Morgan fingerprint density at radius 3 is 2.62 bits per heavy atom. The highest BCUT2D eigenvalue weighted by molar-refractivity contribution is 8.18. The lowest BCUT2D eigenvalue weighted by Crippen LogP contribution is -2.55. The highest BCUT2D eigenvalue weighted by Gasteiger charge is 2.56. The second kappa shape index (κ2) is 9.57. The van der Waals surface area contributed by atoms with E-state index in [1.54, 1.807) is 5.69 Å². The topological polar surface area (TPSA) is 17.4 Å². The molecule has 3 nitrogen and oxygen atoms in total. The number of piperidine rings is 1. The number of thioether (sulfide) groups is 2. The molecule has 0 radical (unpaired) electrons. The Kier molecular flexibility index (Phi) is 6.48. The van der Waals surface area contributed by atoms with Crippen molar-refractivity contribution in [2.75, 3.05) is 31.2 Å². The Morgan fingerprint density at radius 2 is 1.79 bits per heavy atom. The number of likely N-dealkylation sites (tertiary alicyclic amines) is 1. The first-order valence-electron chi connectivity index (χ1n) is 13.0. The van der Waals surface area contributed by atoms with Crippen molar-refractivity contribution in [1.29, 1.82) is 0 Å². The van der Waals surface area contributed by atoms with Crippen LogP contribution in [0.1, 0.15) is 56.5 Å². The van der Waals surface area contributed by atoms with E-state index in [2.05, 4.69) is 101 Å². The van der Waals surface area contributed by atoms with Crippen molar-refractivity contribution in [2.45, 2.75) is 55.9 Å². The smallest absolute Gasteiger partial charge is 0.102 e. The fourth-order valence-corrected chi connectivity index (χ4v) is 10.3. The summed E-state index contributed by atoms with van der Waals surface area (Å²) in [5.41, 5.74) is 4.57. The van der Waals surface area contributed by atoms with E-state index in [4.69, 9.17) is 4.74 Å². The van der Waals surface area contributed by atoms with Gasteiger partial charge in [-0.2, -0.15) is 0 Å². The summed E-state index contributed by atoms with van der Waals surface area (Å²) in [7, 11) is 0. The van der Waals surface area contributed by atoms with Gasteiger partial charge in [-0.05, 0) is 66.7 Å². The van der Waals surface area contributed by atoms with Gasteiger partial charge in [0.15, 0.2) is 0 Å². The van der Waals surface area contributed by atoms with Gasteiger partial charge in [-0.25, -0.2) is 0 Å². The molecule has 5 heteroatoms. The van der Waals surface area contributed by atoms with Crippen molar-refractivity contribution >= 4 is 34.4 Å². The third-order valence-electron chi connectivity index (χ3n) is 8.28. The van der Waals surface area contributed by atoms with E-state index in [0.717, 1.165) is 13.2 Å². The van der Waals surface area contributed by atoms with Gasteiger partial charge in [-0.3, -0.25) is 4.90 Å². The van der Waals surface area contributed by atoms with Gasteiger partial charge in [-0.15, -0.1) is 23.5 Å². The van der Waals surface area contributed by atoms with E-state index in [1.165, 1.54) is 66.6 Å². The number of aromatic nitrogens is 1. The lowest BCUT2D eigenvalue weighted by Gasteiger charge is -2.58. The molecule has 0 bridgehead atoms. The van der Waals surface area contributed by atoms with Gasteiger partial charge in [-0.1, -0.05) is 55.5 Å². The molecule has 0 amide bonds. The maximum absolute atomic E-state index is 6.18. The molecule has 2 saturated heterocycles. The summed E-state index contributed by atoms with van der Waals surface area (Å²) in [6, 6.07) is 22.2. The van der Waals surface area contributed by atoms with Crippen molar-refractivity contribution in [3.63, 3.8) is 0 Å². The first-order valence-corrected chi connectivity index (χ1v) is 15.0. The Bertz CT molecular complexity index is 1120. The average Bonchev–Trinajstić information content (AvgIpc) is 3.28. The van der Waals surface area contributed by atoms with Crippen molar-refractivity contribution in [3.05, 3.63) is 71.9 Å². The van der Waals surface area contributed by atoms with Crippen LogP contribution in [0.25, 0.3) is 10.9 Å². The molecule has 2 fully saturated rings. The molecule has 34 heavy (non-hydrogen) atoms. The summed E-state index contributed by atoms with van der Waals surface area (Å²) in [6.07, 6.45) is 6.94. The predicted octanol–water partition coefficient (Wildman–Crippen LogP) is 7.28. The van der Waals surface area contributed by atoms with Crippen LogP contribution in [-0.2, 0) is 15.4 Å². The Balaban J connectivity index is 1.35. The van der Waals surface area contributed by atoms with E-state index in [1.807, 2.05) is 0 Å². The first-order chi connectivity index (χ1) is 16.7. The van der Waals surface area contributed by atoms with E-state index in [0.29, 0.717) is 18.2 Å². The zero-order valence-corrected chi connectivity index (χ0v) is 21.9. The van der Waals surface area contributed by atoms with Crippen LogP contribution in [0.2, 0.25) is 0 Å². The quantitative estimate of drug-likeness (QED) is 0.336. The number of hydrogen-bond acceptors (Lipinski definition) is 4. The molecular formula is C29H36N2OS2. The molecule has 3 aliphatic heterocycles. The van der Waals surface area contributed by atoms with E-state index in [9.17, 15) is 0 Å². The van der Waals surface area contributed by atoms with Crippen molar-refractivity contribution in [2.24, 2.45) is 5.41 Å². The van der Waals surface area contributed by atoms with Crippen molar-refractivity contribution in [3.8, 4) is 0 Å². The molecule has 0 N–H and O–H groups in total. The second-order valence-electron chi connectivity index (χ2n) is 10.2. The van der Waals surface area contributed by atoms with E-state index >= 15 is 0 Å².